The van der Waals surface area contributed by atoms with Crippen LogP contribution in [0.1, 0.15) is 64.2 Å². The summed E-state index contributed by atoms with van der Waals surface area (Å²) in [5.74, 6) is 1.67. The van der Waals surface area contributed by atoms with Crippen molar-refractivity contribution in [2.45, 2.75) is 68.4 Å². The van der Waals surface area contributed by atoms with Crippen molar-refractivity contribution in [3.63, 3.8) is 0 Å². The topological polar surface area (TPSA) is 60.2 Å². The third-order valence-corrected chi connectivity index (χ3v) is 10.4. The minimum absolute atomic E-state index is 0.0686. The second-order valence-corrected chi connectivity index (χ2v) is 12.1. The molecule has 0 spiro atoms. The quantitative estimate of drug-likeness (QED) is 0.791. The molecule has 0 aromatic carbocycles. The van der Waals surface area contributed by atoms with Gasteiger partial charge in [-0.3, -0.25) is 0 Å². The van der Waals surface area contributed by atoms with E-state index in [1.165, 1.54) is 32.1 Å². The summed E-state index contributed by atoms with van der Waals surface area (Å²) in [5.41, 5.74) is 5.56. The molecule has 0 aromatic rings. The number of nitrogens with two attached hydrogens (primary N) is 1. The molecule has 5 saturated carbocycles. The zero-order valence-electron chi connectivity index (χ0n) is 12.7. The van der Waals surface area contributed by atoms with E-state index in [0.717, 1.165) is 32.1 Å². The predicted octanol–water partition coefficient (Wildman–Crippen LogP) is 2.38. The Morgan fingerprint density at radius 2 is 1.62 bits per heavy atom. The van der Waals surface area contributed by atoms with E-state index >= 15 is 0 Å². The van der Waals surface area contributed by atoms with Gasteiger partial charge in [0.15, 0.2) is 0 Å². The van der Waals surface area contributed by atoms with Crippen molar-refractivity contribution in [1.82, 2.24) is 0 Å². The van der Waals surface area contributed by atoms with Crippen LogP contribution in [-0.2, 0) is 9.59 Å². The first-order chi connectivity index (χ1) is 10.0. The van der Waals surface area contributed by atoms with Gasteiger partial charge in [-0.2, -0.15) is 0 Å². The van der Waals surface area contributed by atoms with E-state index in [1.54, 1.807) is 0 Å². The van der Waals surface area contributed by atoms with Crippen LogP contribution in [0.25, 0.3) is 0 Å². The Balaban J connectivity index is 1.56. The van der Waals surface area contributed by atoms with Gasteiger partial charge in [0.1, 0.15) is 0 Å². The zero-order valence-corrected chi connectivity index (χ0v) is 14.8. The van der Waals surface area contributed by atoms with Crippen molar-refractivity contribution >= 4 is 26.2 Å². The molecule has 1 amide bonds. The van der Waals surface area contributed by atoms with Crippen molar-refractivity contribution in [1.29, 1.82) is 0 Å². The number of rotatable bonds is 4. The molecule has 5 fully saturated rings. The molecule has 21 heavy (non-hydrogen) atoms. The van der Waals surface area contributed by atoms with Gasteiger partial charge in [-0.1, -0.05) is 0 Å². The molecule has 5 aliphatic carbocycles. The molecule has 3 nitrogen and oxygen atoms in total. The number of amides is 1. The summed E-state index contributed by atoms with van der Waals surface area (Å²) in [6.07, 6.45) is 11.5. The Kier molecular flexibility index (Phi) is 3.30. The van der Waals surface area contributed by atoms with Crippen molar-refractivity contribution < 1.29 is 9.59 Å². The van der Waals surface area contributed by atoms with Gasteiger partial charge in [-0.25, -0.2) is 0 Å². The fourth-order valence-electron chi connectivity index (χ4n) is 6.25. The molecule has 0 aliphatic heterocycles. The maximum absolute atomic E-state index is 12.7. The van der Waals surface area contributed by atoms with Crippen LogP contribution in [0.2, 0.25) is 4.20 Å². The van der Waals surface area contributed by atoms with Crippen molar-refractivity contribution in [2.24, 2.45) is 28.9 Å². The first kappa shape index (κ1) is 14.3. The first-order valence-electron chi connectivity index (χ1n) is 8.62. The molecule has 0 radical (unpaired) electrons. The molecule has 5 aliphatic rings. The fraction of sp³-hybridized carbons (Fsp3) is 0.882. The van der Waals surface area contributed by atoms with E-state index in [0.29, 0.717) is 22.3 Å². The number of carbonyl (C=O) groups excluding carboxylic acids is 2. The Bertz CT molecular complexity index is 469. The van der Waals surface area contributed by atoms with E-state index in [4.69, 9.17) is 5.73 Å². The van der Waals surface area contributed by atoms with Crippen LogP contribution < -0.4 is 5.73 Å². The van der Waals surface area contributed by atoms with Gasteiger partial charge in [0.05, 0.1) is 0 Å². The molecule has 0 saturated heterocycles. The van der Waals surface area contributed by atoms with Crippen LogP contribution in [0, 0.1) is 23.2 Å². The molecule has 0 aromatic heterocycles. The van der Waals surface area contributed by atoms with E-state index in [-0.39, 0.29) is 15.5 Å². The molecule has 0 heterocycles. The molecule has 4 heteroatoms. The van der Waals surface area contributed by atoms with Crippen LogP contribution in [0.3, 0.4) is 0 Å². The summed E-state index contributed by atoms with van der Waals surface area (Å²) >= 11 is -0.596. The normalized spacial score (nSPS) is 45.7. The summed E-state index contributed by atoms with van der Waals surface area (Å²) in [6, 6.07) is 0. The average molecular weight is 351 g/mol. The third-order valence-electron chi connectivity index (χ3n) is 6.70. The van der Waals surface area contributed by atoms with Crippen molar-refractivity contribution in [3.05, 3.63) is 0 Å². The summed E-state index contributed by atoms with van der Waals surface area (Å²) in [5, 5.41) is 0. The Labute approximate surface area is 133 Å². The van der Waals surface area contributed by atoms with E-state index < -0.39 is 15.8 Å². The van der Waals surface area contributed by atoms with Crippen LogP contribution >= 0.6 is 0 Å². The van der Waals surface area contributed by atoms with Crippen LogP contribution in [-0.4, -0.2) is 26.2 Å². The molecule has 5 rings (SSSR count). The van der Waals surface area contributed by atoms with Gasteiger partial charge in [-0.05, 0) is 0 Å². The monoisotopic (exact) mass is 351 g/mol. The molecular formula is C17H26AsNO2. The second-order valence-electron chi connectivity index (χ2n) is 8.36. The number of hydrogen-bond acceptors (Lipinski definition) is 2. The van der Waals surface area contributed by atoms with Crippen molar-refractivity contribution in [3.8, 4) is 0 Å². The number of carbonyl (C=O) groups is 2. The Hall–Kier alpha value is -0.302. The van der Waals surface area contributed by atoms with Crippen LogP contribution in [0.5, 0.6) is 0 Å². The number of primary amides is 1. The van der Waals surface area contributed by atoms with Crippen LogP contribution in [0.15, 0.2) is 0 Å². The molecule has 4 bridgehead atoms. The van der Waals surface area contributed by atoms with Crippen molar-refractivity contribution in [2.75, 3.05) is 0 Å². The molecule has 2 N–H and O–H groups in total. The molecule has 3 unspecified atom stereocenters. The summed E-state index contributed by atoms with van der Waals surface area (Å²) in [6.45, 7) is 0. The van der Waals surface area contributed by atoms with Gasteiger partial charge in [-0.15, -0.1) is 0 Å². The van der Waals surface area contributed by atoms with Gasteiger partial charge in [0.2, 0.25) is 0 Å². The minimum atomic E-state index is -0.596. The molecular weight excluding hydrogens is 325 g/mol. The van der Waals surface area contributed by atoms with Gasteiger partial charge < -0.3 is 0 Å². The van der Waals surface area contributed by atoms with Gasteiger partial charge in [0.25, 0.3) is 0 Å². The Morgan fingerprint density at radius 3 is 2.19 bits per heavy atom. The zero-order chi connectivity index (χ0) is 14.7. The molecule has 3 atom stereocenters. The number of hydrogen-bond donors (Lipinski definition) is 1. The van der Waals surface area contributed by atoms with E-state index in [9.17, 15) is 9.59 Å². The van der Waals surface area contributed by atoms with Crippen LogP contribution in [0.4, 0.5) is 0 Å². The molecule has 116 valence electrons. The predicted molar refractivity (Wildman–Crippen MR) is 83.1 cm³/mol. The summed E-state index contributed by atoms with van der Waals surface area (Å²) in [4.78, 5) is 24.8. The Morgan fingerprint density at radius 1 is 1.00 bits per heavy atom. The van der Waals surface area contributed by atoms with E-state index in [1.807, 2.05) is 0 Å². The summed E-state index contributed by atoms with van der Waals surface area (Å²) in [7, 11) is 0. The third kappa shape index (κ3) is 2.31. The van der Waals surface area contributed by atoms with Gasteiger partial charge >= 0.3 is 133 Å². The maximum atomic E-state index is 12.7. The standard InChI is InChI=1S/C17H26AsNO2/c19-15(21)16-6-11-5-12(7-16)9-17(8-11,10-16)18-14(20)13-3-1-2-4-13/h11-13,18H,1-10H2,(H2,19,21). The van der Waals surface area contributed by atoms with Gasteiger partial charge in [0, 0.05) is 0 Å². The fourth-order valence-corrected chi connectivity index (χ4v) is 10.9. The first-order valence-corrected chi connectivity index (χ1v) is 10.7. The average Bonchev–Trinajstić information content (AvgIpc) is 2.90. The summed E-state index contributed by atoms with van der Waals surface area (Å²) < 4.78 is 0.868. The SMILES string of the molecule is NC(=O)C12CC3CC(CC([AsH]C(=O)C4CCCC4)(C3)C1)C2. The second kappa shape index (κ2) is 4.85. The van der Waals surface area contributed by atoms with E-state index in [2.05, 4.69) is 0 Å².